The van der Waals surface area contributed by atoms with Gasteiger partial charge in [-0.3, -0.25) is 0 Å². The van der Waals surface area contributed by atoms with Crippen LogP contribution in [0.4, 0.5) is 8.78 Å². The van der Waals surface area contributed by atoms with Crippen LogP contribution in [-0.2, 0) is 12.8 Å². The summed E-state index contributed by atoms with van der Waals surface area (Å²) in [5.74, 6) is -0.941. The minimum atomic E-state index is -0.471. The highest BCUT2D eigenvalue weighted by Crippen LogP contribution is 2.16. The zero-order chi connectivity index (χ0) is 15.2. The van der Waals surface area contributed by atoms with E-state index in [0.29, 0.717) is 6.42 Å². The van der Waals surface area contributed by atoms with Crippen molar-refractivity contribution in [3.8, 4) is 0 Å². The lowest BCUT2D eigenvalue weighted by Crippen LogP contribution is -2.33. The van der Waals surface area contributed by atoms with Crippen molar-refractivity contribution in [3.63, 3.8) is 0 Å². The zero-order valence-corrected chi connectivity index (χ0v) is 12.5. The fraction of sp³-hybridized carbons (Fsp3) is 0.333. The largest absolute Gasteiger partial charge is 0.314 e. The van der Waals surface area contributed by atoms with E-state index >= 15 is 0 Å². The summed E-state index contributed by atoms with van der Waals surface area (Å²) in [6.07, 6.45) is 1.10. The molecule has 1 unspecified atom stereocenters. The molecule has 2 aromatic carbocycles. The highest BCUT2D eigenvalue weighted by Gasteiger charge is 2.15. The predicted octanol–water partition coefficient (Wildman–Crippen LogP) is 4.04. The van der Waals surface area contributed by atoms with Gasteiger partial charge in [0.25, 0.3) is 0 Å². The van der Waals surface area contributed by atoms with Gasteiger partial charge < -0.3 is 5.32 Å². The van der Waals surface area contributed by atoms with Crippen LogP contribution in [-0.4, -0.2) is 12.6 Å². The molecule has 21 heavy (non-hydrogen) atoms. The van der Waals surface area contributed by atoms with Crippen LogP contribution in [0, 0.1) is 18.6 Å². The van der Waals surface area contributed by atoms with Crippen molar-refractivity contribution in [2.45, 2.75) is 32.7 Å². The first-order valence-corrected chi connectivity index (χ1v) is 7.32. The fourth-order valence-electron chi connectivity index (χ4n) is 2.49. The van der Waals surface area contributed by atoms with Gasteiger partial charge in [-0.15, -0.1) is 0 Å². The Labute approximate surface area is 125 Å². The van der Waals surface area contributed by atoms with Crippen molar-refractivity contribution < 1.29 is 8.78 Å². The fourth-order valence-corrected chi connectivity index (χ4v) is 2.49. The molecule has 0 heterocycles. The average Bonchev–Trinajstić information content (AvgIpc) is 2.45. The van der Waals surface area contributed by atoms with E-state index in [1.54, 1.807) is 0 Å². The molecule has 0 aliphatic carbocycles. The normalized spacial score (nSPS) is 12.4. The Balaban J connectivity index is 2.13. The van der Waals surface area contributed by atoms with Gasteiger partial charge in [0, 0.05) is 11.6 Å². The number of likely N-dealkylation sites (N-methyl/N-ethyl adjacent to an activating group) is 1. The van der Waals surface area contributed by atoms with E-state index in [1.165, 1.54) is 29.3 Å². The Hall–Kier alpha value is -1.74. The molecule has 0 bridgehead atoms. The molecular weight excluding hydrogens is 268 g/mol. The van der Waals surface area contributed by atoms with Gasteiger partial charge in [-0.25, -0.2) is 8.78 Å². The molecule has 0 amide bonds. The van der Waals surface area contributed by atoms with Crippen LogP contribution in [0.2, 0.25) is 0 Å². The maximum absolute atomic E-state index is 13.8. The second-order valence-electron chi connectivity index (χ2n) is 5.35. The quantitative estimate of drug-likeness (QED) is 0.846. The topological polar surface area (TPSA) is 12.0 Å². The summed E-state index contributed by atoms with van der Waals surface area (Å²) in [6.45, 7) is 4.81. The van der Waals surface area contributed by atoms with Crippen molar-refractivity contribution in [1.29, 1.82) is 0 Å². The van der Waals surface area contributed by atoms with E-state index in [-0.39, 0.29) is 11.6 Å². The third-order valence-corrected chi connectivity index (χ3v) is 3.61. The monoisotopic (exact) mass is 289 g/mol. The summed E-state index contributed by atoms with van der Waals surface area (Å²) in [5.41, 5.74) is 2.54. The van der Waals surface area contributed by atoms with E-state index in [0.717, 1.165) is 13.0 Å². The number of aryl methyl sites for hydroxylation is 1. The zero-order valence-electron chi connectivity index (χ0n) is 12.5. The van der Waals surface area contributed by atoms with Crippen molar-refractivity contribution in [3.05, 3.63) is 70.8 Å². The van der Waals surface area contributed by atoms with Crippen LogP contribution in [0.3, 0.4) is 0 Å². The van der Waals surface area contributed by atoms with Gasteiger partial charge in [-0.1, -0.05) is 42.8 Å². The van der Waals surface area contributed by atoms with Crippen LogP contribution in [0.15, 0.2) is 42.5 Å². The lowest BCUT2D eigenvalue weighted by atomic mass is 9.97. The maximum Gasteiger partial charge on any atom is 0.129 e. The third kappa shape index (κ3) is 4.36. The SMILES string of the molecule is CCNC(Cc1ccc(C)cc1)Cc1c(F)cccc1F. The summed E-state index contributed by atoms with van der Waals surface area (Å²) in [4.78, 5) is 0. The van der Waals surface area contributed by atoms with Gasteiger partial charge in [0.1, 0.15) is 11.6 Å². The molecule has 1 nitrogen and oxygen atoms in total. The molecule has 0 aromatic heterocycles. The Morgan fingerprint density at radius 1 is 0.952 bits per heavy atom. The van der Waals surface area contributed by atoms with E-state index in [4.69, 9.17) is 0 Å². The molecule has 2 aromatic rings. The lowest BCUT2D eigenvalue weighted by molar-refractivity contribution is 0.484. The van der Waals surface area contributed by atoms with Gasteiger partial charge in [-0.05, 0) is 44.0 Å². The molecule has 1 atom stereocenters. The minimum absolute atomic E-state index is 0.0177. The summed E-state index contributed by atoms with van der Waals surface area (Å²) < 4.78 is 27.6. The molecule has 2 rings (SSSR count). The van der Waals surface area contributed by atoms with Gasteiger partial charge in [0.2, 0.25) is 0 Å². The lowest BCUT2D eigenvalue weighted by Gasteiger charge is -2.19. The molecule has 0 spiro atoms. The number of nitrogens with one attached hydrogen (secondary N) is 1. The van der Waals surface area contributed by atoms with Crippen molar-refractivity contribution in [2.75, 3.05) is 6.54 Å². The Bertz CT molecular complexity index is 558. The smallest absolute Gasteiger partial charge is 0.129 e. The van der Waals surface area contributed by atoms with Crippen molar-refractivity contribution in [1.82, 2.24) is 5.32 Å². The first-order chi connectivity index (χ1) is 10.1. The Kier molecular flexibility index (Phi) is 5.45. The third-order valence-electron chi connectivity index (χ3n) is 3.61. The molecule has 0 aliphatic rings. The number of hydrogen-bond donors (Lipinski definition) is 1. The minimum Gasteiger partial charge on any atom is -0.314 e. The average molecular weight is 289 g/mol. The van der Waals surface area contributed by atoms with Gasteiger partial charge >= 0.3 is 0 Å². The van der Waals surface area contributed by atoms with Crippen LogP contribution < -0.4 is 5.32 Å². The van der Waals surface area contributed by atoms with Gasteiger partial charge in [-0.2, -0.15) is 0 Å². The first kappa shape index (κ1) is 15.6. The summed E-state index contributed by atoms with van der Waals surface area (Å²) in [7, 11) is 0. The van der Waals surface area contributed by atoms with Crippen LogP contribution in [0.1, 0.15) is 23.6 Å². The van der Waals surface area contributed by atoms with Crippen LogP contribution in [0.25, 0.3) is 0 Å². The molecular formula is C18H21F2N. The summed E-state index contributed by atoms with van der Waals surface area (Å²) in [5, 5.41) is 3.32. The van der Waals surface area contributed by atoms with Crippen LogP contribution >= 0.6 is 0 Å². The van der Waals surface area contributed by atoms with E-state index in [9.17, 15) is 8.78 Å². The van der Waals surface area contributed by atoms with Gasteiger partial charge in [0.15, 0.2) is 0 Å². The Morgan fingerprint density at radius 3 is 2.14 bits per heavy atom. The van der Waals surface area contributed by atoms with Crippen LogP contribution in [0.5, 0.6) is 0 Å². The highest BCUT2D eigenvalue weighted by molar-refractivity contribution is 5.24. The molecule has 0 saturated carbocycles. The maximum atomic E-state index is 13.8. The number of benzene rings is 2. The standard InChI is InChI=1S/C18H21F2N/c1-3-21-15(11-14-9-7-13(2)8-10-14)12-16-17(19)5-4-6-18(16)20/h4-10,15,21H,3,11-12H2,1-2H3. The molecule has 112 valence electrons. The predicted molar refractivity (Wildman–Crippen MR) is 82.4 cm³/mol. The second-order valence-corrected chi connectivity index (χ2v) is 5.35. The molecule has 1 N–H and O–H groups in total. The molecule has 3 heteroatoms. The van der Waals surface area contributed by atoms with E-state index < -0.39 is 11.6 Å². The highest BCUT2D eigenvalue weighted by atomic mass is 19.1. The molecule has 0 radical (unpaired) electrons. The molecule has 0 aliphatic heterocycles. The van der Waals surface area contributed by atoms with E-state index in [2.05, 4.69) is 29.6 Å². The first-order valence-electron chi connectivity index (χ1n) is 7.32. The summed E-state index contributed by atoms with van der Waals surface area (Å²) >= 11 is 0. The second kappa shape index (κ2) is 7.32. The number of hydrogen-bond acceptors (Lipinski definition) is 1. The Morgan fingerprint density at radius 2 is 1.57 bits per heavy atom. The molecule has 0 fully saturated rings. The number of halogens is 2. The van der Waals surface area contributed by atoms with Crippen molar-refractivity contribution >= 4 is 0 Å². The van der Waals surface area contributed by atoms with Crippen molar-refractivity contribution in [2.24, 2.45) is 0 Å². The molecule has 0 saturated heterocycles. The van der Waals surface area contributed by atoms with Gasteiger partial charge in [0.05, 0.1) is 0 Å². The summed E-state index contributed by atoms with van der Waals surface area (Å²) in [6, 6.07) is 12.3. The van der Waals surface area contributed by atoms with E-state index in [1.807, 2.05) is 13.8 Å². The number of rotatable bonds is 6.